The number of nitrogens with one attached hydrogen (secondary N) is 2. The first-order valence-electron chi connectivity index (χ1n) is 13.1. The Morgan fingerprint density at radius 3 is 2.66 bits per heavy atom. The third-order valence-electron chi connectivity index (χ3n) is 7.24. The zero-order valence-electron chi connectivity index (χ0n) is 22.5. The van der Waals surface area contributed by atoms with E-state index in [4.69, 9.17) is 14.2 Å². The van der Waals surface area contributed by atoms with Crippen molar-refractivity contribution in [3.8, 4) is 11.5 Å². The van der Waals surface area contributed by atoms with Gasteiger partial charge in [-0.3, -0.25) is 14.4 Å². The topological polar surface area (TPSA) is 106 Å². The molecule has 2 N–H and O–H groups in total. The molecule has 11 heteroatoms. The molecule has 0 saturated carbocycles. The molecule has 9 nitrogen and oxygen atoms in total. The summed E-state index contributed by atoms with van der Waals surface area (Å²) in [6.07, 6.45) is -0.0595. The summed E-state index contributed by atoms with van der Waals surface area (Å²) >= 11 is 0. The van der Waals surface area contributed by atoms with Gasteiger partial charge in [-0.15, -0.1) is 0 Å². The fourth-order valence-corrected chi connectivity index (χ4v) is 5.14. The first-order chi connectivity index (χ1) is 19.7. The number of benzene rings is 3. The zero-order valence-corrected chi connectivity index (χ0v) is 22.5. The summed E-state index contributed by atoms with van der Waals surface area (Å²) in [5, 5.41) is 5.20. The van der Waals surface area contributed by atoms with Crippen molar-refractivity contribution in [2.45, 2.75) is 37.5 Å². The fourth-order valence-electron chi connectivity index (χ4n) is 5.14. The van der Waals surface area contributed by atoms with E-state index in [2.05, 4.69) is 10.6 Å². The van der Waals surface area contributed by atoms with Crippen LogP contribution in [0.4, 0.5) is 20.2 Å². The second-order valence-electron chi connectivity index (χ2n) is 9.91. The molecule has 3 atom stereocenters. The van der Waals surface area contributed by atoms with Gasteiger partial charge in [0.25, 0.3) is 11.8 Å². The zero-order chi connectivity index (χ0) is 29.1. The Hall–Kier alpha value is -4.51. The van der Waals surface area contributed by atoms with E-state index in [1.807, 2.05) is 0 Å². The molecule has 214 valence electrons. The molecule has 0 spiro atoms. The monoisotopic (exact) mass is 565 g/mol. The molecule has 1 fully saturated rings. The summed E-state index contributed by atoms with van der Waals surface area (Å²) in [7, 11) is 3.16. The lowest BCUT2D eigenvalue weighted by Gasteiger charge is -2.42. The van der Waals surface area contributed by atoms with E-state index < -0.39 is 29.7 Å². The molecular formula is C30H29F2N3O6. The Morgan fingerprint density at radius 1 is 1.05 bits per heavy atom. The number of nitrogens with zero attached hydrogens (tertiary/aromatic N) is 1. The summed E-state index contributed by atoms with van der Waals surface area (Å²) in [4.78, 5) is 40.5. The van der Waals surface area contributed by atoms with Crippen molar-refractivity contribution < 1.29 is 37.4 Å². The van der Waals surface area contributed by atoms with E-state index in [0.717, 1.165) is 18.2 Å². The van der Waals surface area contributed by atoms with Gasteiger partial charge in [0.1, 0.15) is 35.8 Å². The van der Waals surface area contributed by atoms with Crippen LogP contribution in [-0.4, -0.2) is 61.6 Å². The van der Waals surface area contributed by atoms with Gasteiger partial charge in [-0.2, -0.15) is 0 Å². The van der Waals surface area contributed by atoms with Crippen molar-refractivity contribution in [1.82, 2.24) is 4.90 Å². The Labute approximate surface area is 235 Å². The van der Waals surface area contributed by atoms with Gasteiger partial charge in [0.05, 0.1) is 42.5 Å². The minimum absolute atomic E-state index is 0.0668. The van der Waals surface area contributed by atoms with Crippen LogP contribution in [0.25, 0.3) is 0 Å². The number of hydrogen-bond acceptors (Lipinski definition) is 6. The summed E-state index contributed by atoms with van der Waals surface area (Å²) < 4.78 is 44.8. The van der Waals surface area contributed by atoms with Crippen molar-refractivity contribution in [2.75, 3.05) is 31.4 Å². The Morgan fingerprint density at radius 2 is 1.85 bits per heavy atom. The molecule has 1 saturated heterocycles. The molecule has 0 aromatic heterocycles. The van der Waals surface area contributed by atoms with Crippen LogP contribution in [0.1, 0.15) is 40.0 Å². The highest BCUT2D eigenvalue weighted by molar-refractivity contribution is 6.07. The molecule has 3 aromatic carbocycles. The van der Waals surface area contributed by atoms with Gasteiger partial charge in [-0.05, 0) is 55.3 Å². The summed E-state index contributed by atoms with van der Waals surface area (Å²) in [6, 6.07) is 14.2. The minimum atomic E-state index is -0.737. The average Bonchev–Trinajstić information content (AvgIpc) is 2.97. The van der Waals surface area contributed by atoms with E-state index in [0.29, 0.717) is 41.2 Å². The van der Waals surface area contributed by atoms with Crippen LogP contribution in [0.15, 0.2) is 60.7 Å². The number of ether oxygens (including phenoxy) is 3. The lowest BCUT2D eigenvalue weighted by atomic mass is 9.94. The predicted octanol–water partition coefficient (Wildman–Crippen LogP) is 4.64. The number of fused-ring (bicyclic) bond motifs is 2. The maximum Gasteiger partial charge on any atom is 0.259 e. The van der Waals surface area contributed by atoms with Gasteiger partial charge in [-0.25, -0.2) is 8.78 Å². The van der Waals surface area contributed by atoms with E-state index >= 15 is 0 Å². The van der Waals surface area contributed by atoms with Crippen LogP contribution in [-0.2, 0) is 9.53 Å². The smallest absolute Gasteiger partial charge is 0.259 e. The Kier molecular flexibility index (Phi) is 8.16. The Bertz CT molecular complexity index is 1480. The highest BCUT2D eigenvalue weighted by atomic mass is 19.1. The van der Waals surface area contributed by atoms with Crippen LogP contribution < -0.4 is 20.1 Å². The second-order valence-corrected chi connectivity index (χ2v) is 9.91. The van der Waals surface area contributed by atoms with E-state index in [1.54, 1.807) is 54.4 Å². The summed E-state index contributed by atoms with van der Waals surface area (Å²) in [5.74, 6) is -1.84. The number of carbonyl (C=O) groups excluding carboxylic acids is 3. The number of halogens is 2. The van der Waals surface area contributed by atoms with Crippen molar-refractivity contribution in [3.05, 3.63) is 83.4 Å². The summed E-state index contributed by atoms with van der Waals surface area (Å²) in [5.41, 5.74) is 0.830. The number of likely N-dealkylation sites (N-methyl/N-ethyl adjacent to an activating group) is 1. The maximum absolute atomic E-state index is 13.9. The number of para-hydroxylation sites is 1. The van der Waals surface area contributed by atoms with E-state index in [1.165, 1.54) is 7.11 Å². The quantitative estimate of drug-likeness (QED) is 0.451. The molecule has 0 bridgehead atoms. The second kappa shape index (κ2) is 11.9. The van der Waals surface area contributed by atoms with Crippen LogP contribution >= 0.6 is 0 Å². The molecule has 0 unspecified atom stereocenters. The van der Waals surface area contributed by atoms with Gasteiger partial charge in [-0.1, -0.05) is 12.1 Å². The Balaban J connectivity index is 1.26. The maximum atomic E-state index is 13.9. The molecular weight excluding hydrogens is 536 g/mol. The lowest BCUT2D eigenvalue weighted by molar-refractivity contribution is -0.130. The molecule has 5 rings (SSSR count). The molecule has 0 radical (unpaired) electrons. The van der Waals surface area contributed by atoms with Gasteiger partial charge in [0.2, 0.25) is 5.91 Å². The van der Waals surface area contributed by atoms with Crippen LogP contribution in [0.5, 0.6) is 11.5 Å². The number of carbonyl (C=O) groups is 3. The molecule has 2 aliphatic rings. The number of hydrogen-bond donors (Lipinski definition) is 2. The van der Waals surface area contributed by atoms with Crippen molar-refractivity contribution in [2.24, 2.45) is 0 Å². The van der Waals surface area contributed by atoms with E-state index in [-0.39, 0.29) is 36.6 Å². The lowest BCUT2D eigenvalue weighted by Crippen LogP contribution is -2.53. The van der Waals surface area contributed by atoms with E-state index in [9.17, 15) is 23.2 Å². The largest absolute Gasteiger partial charge is 0.496 e. The first-order valence-corrected chi connectivity index (χ1v) is 13.1. The number of methoxy groups -OCH3 is 1. The SMILES string of the molecule is COc1ccccc1C(=O)Nc1ccc2c(c1)C(=O)N(C)[C@H]1CC[C@H](CC(=O)Nc3cc(F)ccc3F)O[C@@H]1CO2. The van der Waals surface area contributed by atoms with Crippen molar-refractivity contribution in [1.29, 1.82) is 0 Å². The van der Waals surface area contributed by atoms with Gasteiger partial charge < -0.3 is 29.7 Å². The molecule has 3 aromatic rings. The van der Waals surface area contributed by atoms with Gasteiger partial charge in [0, 0.05) is 18.8 Å². The number of anilines is 2. The third-order valence-corrected chi connectivity index (χ3v) is 7.24. The predicted molar refractivity (Wildman–Crippen MR) is 146 cm³/mol. The highest BCUT2D eigenvalue weighted by Crippen LogP contribution is 2.33. The fraction of sp³-hybridized carbons (Fsp3) is 0.300. The van der Waals surface area contributed by atoms with Crippen LogP contribution in [0.3, 0.4) is 0 Å². The number of rotatable bonds is 6. The average molecular weight is 566 g/mol. The van der Waals surface area contributed by atoms with Crippen LogP contribution in [0.2, 0.25) is 0 Å². The first kappa shape index (κ1) is 28.0. The van der Waals surface area contributed by atoms with Crippen molar-refractivity contribution in [3.63, 3.8) is 0 Å². The molecule has 41 heavy (non-hydrogen) atoms. The molecule has 2 heterocycles. The van der Waals surface area contributed by atoms with Gasteiger partial charge in [0.15, 0.2) is 0 Å². The molecule has 3 amide bonds. The highest BCUT2D eigenvalue weighted by Gasteiger charge is 2.39. The van der Waals surface area contributed by atoms with Crippen molar-refractivity contribution >= 4 is 29.1 Å². The van der Waals surface area contributed by atoms with Crippen LogP contribution in [0, 0.1) is 11.6 Å². The normalized spacial score (nSPS) is 20.0. The molecule has 0 aliphatic carbocycles. The number of amides is 3. The third kappa shape index (κ3) is 6.14. The summed E-state index contributed by atoms with van der Waals surface area (Å²) in [6.45, 7) is 0.124. The van der Waals surface area contributed by atoms with Gasteiger partial charge >= 0.3 is 0 Å². The minimum Gasteiger partial charge on any atom is -0.496 e. The molecule has 2 aliphatic heterocycles. The standard InChI is InChI=1S/C30H29F2N3O6/c1-35-24-11-9-19(15-28(36)34-23-13-17(31)7-10-22(23)32)41-27(24)16-40-26-12-8-18(14-21(26)30(35)38)33-29(37)20-5-3-4-6-25(20)39-2/h3-8,10,12-14,19,24,27H,9,11,15-16H2,1-2H3,(H,33,37)(H,34,36)/t19-,24+,27-/m1/s1.